The Hall–Kier alpha value is -13.1. The summed E-state index contributed by atoms with van der Waals surface area (Å²) in [7, 11) is 0. The highest BCUT2D eigenvalue weighted by atomic mass is 35.5. The summed E-state index contributed by atoms with van der Waals surface area (Å²) >= 11 is 17.9. The number of carbonyl (C=O) groups excluding carboxylic acids is 7. The van der Waals surface area contributed by atoms with E-state index in [0.29, 0.717) is 57.3 Å². The van der Waals surface area contributed by atoms with E-state index in [2.05, 4.69) is 74.1 Å². The van der Waals surface area contributed by atoms with Gasteiger partial charge < -0.3 is 53.6 Å². The Morgan fingerprint density at radius 2 is 0.724 bits per heavy atom. The normalized spacial score (nSPS) is 11.6. The van der Waals surface area contributed by atoms with E-state index in [-0.39, 0.29) is 96.6 Å². The lowest BCUT2D eigenvalue weighted by Crippen LogP contribution is -2.54. The van der Waals surface area contributed by atoms with E-state index in [1.54, 1.807) is 48.5 Å². The fourth-order valence-corrected chi connectivity index (χ4v) is 11.8. The number of nitrogens with one attached hydrogen (secondary N) is 10. The van der Waals surface area contributed by atoms with Crippen LogP contribution in [0.5, 0.6) is 0 Å². The van der Waals surface area contributed by atoms with Crippen molar-refractivity contribution in [2.75, 3.05) is 80.4 Å². The van der Waals surface area contributed by atoms with Crippen molar-refractivity contribution in [2.24, 2.45) is 0 Å². The fourth-order valence-electron chi connectivity index (χ4n) is 11.2. The molecule has 676 valence electrons. The molecule has 11 aromatic rings. The molecule has 0 aliphatic rings. The van der Waals surface area contributed by atoms with Gasteiger partial charge in [-0.25, -0.2) is 79.0 Å². The molecule has 0 unspecified atom stereocenters. The SMILES string of the molecule is CC(=O)N(NCc1cccc(F)c1Cl)[C@@H](CNCC(F)F)COC(=O)Nc1cc(-c2cccc(F)c2)no1.CC(=O)N(NCc1cccc(F)c1Cl)[C@@H](CNCC(F)F)COC(=O)Nc1cc(-c2ccccc2)no1.CC(=O)N(NCc1cccc(F)c1Cl)[C@@H](CNCC(F)F)COC(=O)Nc1cc(-c2ccccc2)on1.O=CNc1cc(-c2cccc(F)c2)on1. The van der Waals surface area contributed by atoms with Crippen LogP contribution in [0.3, 0.4) is 0 Å². The number of rotatable bonds is 39. The van der Waals surface area contributed by atoms with Crippen molar-refractivity contribution in [3.8, 4) is 45.2 Å². The smallest absolute Gasteiger partial charge is 0.414 e. The van der Waals surface area contributed by atoms with Crippen LogP contribution < -0.4 is 53.5 Å². The standard InChI is InChI=1S/C24H24ClF4N5O4.2C24H25ClF3N5O4.C10H7FN2O2/c1-14(35)34(31-10-16-5-3-7-19(27)23(16)25)18(11-30-12-21(28)29)13-37-24(36)32-22-9-20(33-38-22)15-4-2-6-17(26)8-15;1-15(34)33(30-11-17-8-5-9-19(26)23(17)25)18(12-29-13-21(27)28)14-36-24(35)31-22-10-20(37-32-22)16-6-3-2-4-7-16;1-15(34)33(30-11-17-8-5-9-19(26)23(17)25)18(12-29-13-21(27)28)14-36-24(35)31-22-10-20(32-37-22)16-6-3-2-4-7-16;11-8-3-1-2-7(4-8)9-5-10(12-6-14)13-15-9/h2-9,18,21,30-31H,10-13H2,1H3,(H,32,36);2-10,18,21,29-30H,11-14H2,1H3,(H,31,32,35);2-10,18,21,29-30H,11-14H2,1H3,(H,31,35);1-6H,(H,12,13,14)/t3*18-;/m000./s1. The van der Waals surface area contributed by atoms with E-state index in [1.165, 1.54) is 112 Å². The first-order chi connectivity index (χ1) is 60.9. The Balaban J connectivity index is 0.000000217. The van der Waals surface area contributed by atoms with Crippen molar-refractivity contribution in [2.45, 2.75) is 77.8 Å². The van der Waals surface area contributed by atoms with Crippen LogP contribution >= 0.6 is 34.8 Å². The first-order valence-corrected chi connectivity index (χ1v) is 38.9. The second-order valence-corrected chi connectivity index (χ2v) is 27.5. The van der Waals surface area contributed by atoms with Gasteiger partial charge in [0.25, 0.3) is 19.3 Å². The number of nitrogens with zero attached hydrogens (tertiary/aromatic N) is 7. The minimum atomic E-state index is -2.65. The Labute approximate surface area is 731 Å². The number of aromatic nitrogens is 4. The van der Waals surface area contributed by atoms with Crippen molar-refractivity contribution in [3.63, 3.8) is 0 Å². The molecule has 45 heteroatoms. The van der Waals surface area contributed by atoms with Gasteiger partial charge in [0.15, 0.2) is 23.2 Å². The zero-order chi connectivity index (χ0) is 91.9. The minimum absolute atomic E-state index is 0.0264. The second-order valence-electron chi connectivity index (χ2n) is 26.4. The molecule has 0 aliphatic carbocycles. The maximum atomic E-state index is 13.8. The van der Waals surface area contributed by atoms with Crippen molar-refractivity contribution >= 4 is 101 Å². The van der Waals surface area contributed by atoms with Gasteiger partial charge in [0.2, 0.25) is 35.9 Å². The van der Waals surface area contributed by atoms with E-state index in [9.17, 15) is 81.9 Å². The predicted octanol–water partition coefficient (Wildman–Crippen LogP) is 15.6. The molecule has 0 bridgehead atoms. The summed E-state index contributed by atoms with van der Waals surface area (Å²) in [6.45, 7) is -0.0172. The molecule has 127 heavy (non-hydrogen) atoms. The lowest BCUT2D eigenvalue weighted by Gasteiger charge is -2.31. The Kier molecular flexibility index (Phi) is 40.2. The van der Waals surface area contributed by atoms with Crippen LogP contribution in [0, 0.1) is 29.1 Å². The molecule has 4 aromatic heterocycles. The molecule has 0 fully saturated rings. The summed E-state index contributed by atoms with van der Waals surface area (Å²) in [5.41, 5.74) is 12.7. The van der Waals surface area contributed by atoms with Crippen molar-refractivity contribution < 1.29 is 114 Å². The first kappa shape index (κ1) is 99.4. The summed E-state index contributed by atoms with van der Waals surface area (Å²) in [6.07, 6.45) is -10.2. The molecule has 7 aromatic carbocycles. The first-order valence-electron chi connectivity index (χ1n) is 37.8. The largest absolute Gasteiger partial charge is 0.447 e. The molecule has 10 N–H and O–H groups in total. The van der Waals surface area contributed by atoms with Crippen molar-refractivity contribution in [1.82, 2.24) is 67.9 Å². The second kappa shape index (κ2) is 51.4. The number of ether oxygens (including phenoxy) is 3. The van der Waals surface area contributed by atoms with E-state index >= 15 is 0 Å². The molecule has 0 radical (unpaired) electrons. The third-order valence-electron chi connectivity index (χ3n) is 17.1. The number of alkyl halides is 6. The van der Waals surface area contributed by atoms with Gasteiger partial charge in [-0.05, 0) is 59.2 Å². The van der Waals surface area contributed by atoms with Gasteiger partial charge in [0.1, 0.15) is 60.3 Å². The van der Waals surface area contributed by atoms with Crippen LogP contribution in [0.4, 0.5) is 86.1 Å². The number of hydrogen-bond acceptors (Lipinski definition) is 24. The van der Waals surface area contributed by atoms with Crippen LogP contribution in [0.25, 0.3) is 45.2 Å². The molecule has 0 saturated heterocycles. The van der Waals surface area contributed by atoms with E-state index in [0.717, 1.165) is 26.2 Å². The fraction of sp³-hybridized carbons (Fsp3) is 0.256. The molecule has 4 heterocycles. The van der Waals surface area contributed by atoms with Gasteiger partial charge >= 0.3 is 18.3 Å². The maximum Gasteiger partial charge on any atom is 0.414 e. The molecular weight excluding hydrogens is 1760 g/mol. The number of carbonyl (C=O) groups is 7. The molecule has 0 aliphatic heterocycles. The molecular formula is C82H81Cl3F11N17O14. The molecule has 11 rings (SSSR count). The van der Waals surface area contributed by atoms with Gasteiger partial charge in [-0.3, -0.25) is 50.2 Å². The highest BCUT2D eigenvalue weighted by Crippen LogP contribution is 2.29. The van der Waals surface area contributed by atoms with Crippen molar-refractivity contribution in [3.05, 3.63) is 249 Å². The van der Waals surface area contributed by atoms with Gasteiger partial charge in [-0.15, -0.1) is 0 Å². The monoisotopic (exact) mass is 1840 g/mol. The number of hydrogen-bond donors (Lipinski definition) is 10. The zero-order valence-electron chi connectivity index (χ0n) is 67.1. The maximum absolute atomic E-state index is 13.8. The number of amides is 7. The van der Waals surface area contributed by atoms with Gasteiger partial charge in [-0.2, -0.15) is 0 Å². The summed E-state index contributed by atoms with van der Waals surface area (Å²) in [4.78, 5) is 84.2. The van der Waals surface area contributed by atoms with Crippen LogP contribution in [-0.2, 0) is 53.0 Å². The molecule has 31 nitrogen and oxygen atoms in total. The third kappa shape index (κ3) is 33.4. The summed E-state index contributed by atoms with van der Waals surface area (Å²) in [5.74, 6) is -3.11. The van der Waals surface area contributed by atoms with Crippen LogP contribution in [0.15, 0.2) is 206 Å². The van der Waals surface area contributed by atoms with Crippen LogP contribution in [-0.4, -0.2) is 175 Å². The number of anilines is 4. The van der Waals surface area contributed by atoms with E-state index < -0.39 is 123 Å². The quantitative estimate of drug-likeness (QED) is 0.00740. The Morgan fingerprint density at radius 1 is 0.386 bits per heavy atom. The number of halogens is 14. The van der Waals surface area contributed by atoms with Crippen LogP contribution in [0.2, 0.25) is 15.1 Å². The average Bonchev–Trinajstić information content (AvgIpc) is 1.42. The zero-order valence-corrected chi connectivity index (χ0v) is 69.3. The topological polar surface area (TPSA) is 381 Å². The van der Waals surface area contributed by atoms with Crippen LogP contribution in [0.1, 0.15) is 37.5 Å². The Morgan fingerprint density at radius 3 is 1.11 bits per heavy atom. The molecule has 0 spiro atoms. The van der Waals surface area contributed by atoms with E-state index in [1.807, 2.05) is 48.5 Å². The summed E-state index contributed by atoms with van der Waals surface area (Å²) in [6, 6.07) is 45.4. The average molecular weight is 1840 g/mol. The molecule has 3 atom stereocenters. The van der Waals surface area contributed by atoms with Crippen molar-refractivity contribution in [1.29, 1.82) is 0 Å². The number of hydrazine groups is 3. The summed E-state index contributed by atoms with van der Waals surface area (Å²) < 4.78 is 179. The lowest BCUT2D eigenvalue weighted by atomic mass is 10.1. The van der Waals surface area contributed by atoms with E-state index in [4.69, 9.17) is 67.1 Å². The highest BCUT2D eigenvalue weighted by molar-refractivity contribution is 6.32. The molecule has 7 amide bonds. The highest BCUT2D eigenvalue weighted by Gasteiger charge is 2.29. The summed E-state index contributed by atoms with van der Waals surface area (Å²) in [5, 5.41) is 34.9. The van der Waals surface area contributed by atoms with Gasteiger partial charge in [-0.1, -0.05) is 177 Å². The lowest BCUT2D eigenvalue weighted by molar-refractivity contribution is -0.137. The van der Waals surface area contributed by atoms with Gasteiger partial charge in [0, 0.05) is 107 Å². The third-order valence-corrected chi connectivity index (χ3v) is 18.3. The Bertz CT molecular complexity index is 5170. The molecule has 0 saturated carbocycles. The number of benzene rings is 7. The minimum Gasteiger partial charge on any atom is -0.447 e. The van der Waals surface area contributed by atoms with Gasteiger partial charge in [0.05, 0.1) is 52.8 Å². The predicted molar refractivity (Wildman–Crippen MR) is 443 cm³/mol.